The van der Waals surface area contributed by atoms with Gasteiger partial charge in [-0.3, -0.25) is 4.90 Å². The van der Waals surface area contributed by atoms with E-state index in [0.29, 0.717) is 6.54 Å². The molecule has 0 aliphatic carbocycles. The summed E-state index contributed by atoms with van der Waals surface area (Å²) in [7, 11) is 0. The smallest absolute Gasteiger partial charge is 0.326 e. The van der Waals surface area contributed by atoms with E-state index in [1.54, 1.807) is 0 Å². The van der Waals surface area contributed by atoms with Crippen LogP contribution < -0.4 is 10.2 Å². The number of carbonyl (C=O) groups excluding carboxylic acids is 1. The highest BCUT2D eigenvalue weighted by atomic mass is 16.2. The second-order valence-corrected chi connectivity index (χ2v) is 5.46. The zero-order chi connectivity index (χ0) is 14.8. The Kier molecular flexibility index (Phi) is 3.65. The monoisotopic (exact) mass is 280 g/mol. The standard InChI is InChI=1S/C18H20N2O/c1-3-11-19-18(21)20-16-10-5-4-8-14(16)12-15-9-6-7-13(2)17(15)20/h4-10H,3,11-12H2,1-2H3,(H,19,21). The second kappa shape index (κ2) is 5.60. The highest BCUT2D eigenvalue weighted by Gasteiger charge is 2.28. The predicted molar refractivity (Wildman–Crippen MR) is 86.3 cm³/mol. The normalized spacial score (nSPS) is 12.6. The van der Waals surface area contributed by atoms with Crippen LogP contribution >= 0.6 is 0 Å². The molecule has 0 unspecified atom stereocenters. The number of urea groups is 1. The zero-order valence-corrected chi connectivity index (χ0v) is 12.5. The molecule has 0 bridgehead atoms. The minimum absolute atomic E-state index is 0.0421. The van der Waals surface area contributed by atoms with E-state index < -0.39 is 0 Å². The van der Waals surface area contributed by atoms with Gasteiger partial charge in [-0.2, -0.15) is 0 Å². The van der Waals surface area contributed by atoms with E-state index >= 15 is 0 Å². The van der Waals surface area contributed by atoms with Crippen molar-refractivity contribution >= 4 is 17.4 Å². The Hall–Kier alpha value is -2.29. The van der Waals surface area contributed by atoms with Gasteiger partial charge in [-0.15, -0.1) is 0 Å². The highest BCUT2D eigenvalue weighted by Crippen LogP contribution is 2.40. The summed E-state index contributed by atoms with van der Waals surface area (Å²) in [5, 5.41) is 3.00. The van der Waals surface area contributed by atoms with Crippen molar-refractivity contribution in [2.24, 2.45) is 0 Å². The van der Waals surface area contributed by atoms with Gasteiger partial charge in [0, 0.05) is 13.0 Å². The van der Waals surface area contributed by atoms with Crippen LogP contribution in [0.15, 0.2) is 42.5 Å². The van der Waals surface area contributed by atoms with E-state index in [4.69, 9.17) is 0 Å². The van der Waals surface area contributed by atoms with Crippen molar-refractivity contribution in [3.8, 4) is 0 Å². The minimum Gasteiger partial charge on any atom is -0.337 e. The Labute approximate surface area is 125 Å². The van der Waals surface area contributed by atoms with Gasteiger partial charge in [0.05, 0.1) is 11.4 Å². The lowest BCUT2D eigenvalue weighted by atomic mass is 9.93. The zero-order valence-electron chi connectivity index (χ0n) is 12.5. The van der Waals surface area contributed by atoms with Gasteiger partial charge in [0.2, 0.25) is 0 Å². The molecule has 1 heterocycles. The lowest BCUT2D eigenvalue weighted by molar-refractivity contribution is 0.248. The Morgan fingerprint density at radius 3 is 2.71 bits per heavy atom. The van der Waals surface area contributed by atoms with Crippen LogP contribution in [0.25, 0.3) is 0 Å². The molecule has 0 fully saturated rings. The Morgan fingerprint density at radius 1 is 1.14 bits per heavy atom. The van der Waals surface area contributed by atoms with E-state index in [1.807, 2.05) is 23.1 Å². The van der Waals surface area contributed by atoms with Gasteiger partial charge in [-0.05, 0) is 36.1 Å². The van der Waals surface area contributed by atoms with Crippen LogP contribution in [0.3, 0.4) is 0 Å². The minimum atomic E-state index is -0.0421. The maximum absolute atomic E-state index is 12.6. The third-order valence-electron chi connectivity index (χ3n) is 3.89. The lowest BCUT2D eigenvalue weighted by Crippen LogP contribution is -2.39. The van der Waals surface area contributed by atoms with Gasteiger partial charge in [0.15, 0.2) is 0 Å². The number of amides is 2. The molecule has 1 aliphatic heterocycles. The maximum atomic E-state index is 12.6. The van der Waals surface area contributed by atoms with E-state index in [1.165, 1.54) is 11.1 Å². The average Bonchev–Trinajstić information content (AvgIpc) is 2.50. The van der Waals surface area contributed by atoms with Gasteiger partial charge in [0.1, 0.15) is 0 Å². The molecule has 2 aromatic rings. The first-order valence-electron chi connectivity index (χ1n) is 7.46. The molecule has 0 spiro atoms. The summed E-state index contributed by atoms with van der Waals surface area (Å²) >= 11 is 0. The molecule has 0 saturated heterocycles. The van der Waals surface area contributed by atoms with Gasteiger partial charge in [-0.1, -0.05) is 43.3 Å². The number of para-hydroxylation sites is 2. The molecule has 1 aliphatic rings. The molecule has 2 aromatic carbocycles. The van der Waals surface area contributed by atoms with Crippen molar-refractivity contribution in [2.75, 3.05) is 11.4 Å². The Bertz CT molecular complexity index is 679. The fourth-order valence-corrected chi connectivity index (χ4v) is 2.91. The molecule has 0 aromatic heterocycles. The summed E-state index contributed by atoms with van der Waals surface area (Å²) in [4.78, 5) is 14.5. The second-order valence-electron chi connectivity index (χ2n) is 5.46. The first-order chi connectivity index (χ1) is 10.2. The van der Waals surface area contributed by atoms with Crippen LogP contribution in [0.4, 0.5) is 16.2 Å². The van der Waals surface area contributed by atoms with E-state index in [0.717, 1.165) is 29.8 Å². The van der Waals surface area contributed by atoms with Crippen LogP contribution in [-0.4, -0.2) is 12.6 Å². The highest BCUT2D eigenvalue weighted by molar-refractivity contribution is 6.02. The summed E-state index contributed by atoms with van der Waals surface area (Å²) in [6, 6.07) is 14.3. The average molecular weight is 280 g/mol. The fraction of sp³-hybridized carbons (Fsp3) is 0.278. The van der Waals surface area contributed by atoms with Gasteiger partial charge in [-0.25, -0.2) is 4.79 Å². The molecule has 3 heteroatoms. The third kappa shape index (κ3) is 2.40. The van der Waals surface area contributed by atoms with Gasteiger partial charge < -0.3 is 5.32 Å². The predicted octanol–water partition coefficient (Wildman–Crippen LogP) is 4.16. The summed E-state index contributed by atoms with van der Waals surface area (Å²) in [6.07, 6.45) is 1.81. The first kappa shape index (κ1) is 13.7. The van der Waals surface area contributed by atoms with Crippen molar-refractivity contribution in [3.63, 3.8) is 0 Å². The van der Waals surface area contributed by atoms with Crippen LogP contribution in [0.1, 0.15) is 30.0 Å². The lowest BCUT2D eigenvalue weighted by Gasteiger charge is -2.33. The van der Waals surface area contributed by atoms with Crippen molar-refractivity contribution in [1.29, 1.82) is 0 Å². The Morgan fingerprint density at radius 2 is 1.90 bits per heavy atom. The van der Waals surface area contributed by atoms with E-state index in [9.17, 15) is 4.79 Å². The molecule has 0 saturated carbocycles. The quantitative estimate of drug-likeness (QED) is 0.880. The number of nitrogens with one attached hydrogen (secondary N) is 1. The van der Waals surface area contributed by atoms with Crippen LogP contribution in [0, 0.1) is 6.92 Å². The van der Waals surface area contributed by atoms with Crippen LogP contribution in [0.2, 0.25) is 0 Å². The van der Waals surface area contributed by atoms with Crippen molar-refractivity contribution in [2.45, 2.75) is 26.7 Å². The van der Waals surface area contributed by atoms with Crippen molar-refractivity contribution in [3.05, 3.63) is 59.2 Å². The first-order valence-corrected chi connectivity index (χ1v) is 7.46. The molecule has 21 heavy (non-hydrogen) atoms. The summed E-state index contributed by atoms with van der Waals surface area (Å²) in [5.74, 6) is 0. The third-order valence-corrected chi connectivity index (χ3v) is 3.89. The molecule has 0 atom stereocenters. The number of benzene rings is 2. The number of fused-ring (bicyclic) bond motifs is 2. The molecular formula is C18H20N2O. The van der Waals surface area contributed by atoms with Crippen molar-refractivity contribution < 1.29 is 4.79 Å². The van der Waals surface area contributed by atoms with E-state index in [-0.39, 0.29) is 6.03 Å². The molecule has 1 N–H and O–H groups in total. The molecule has 3 rings (SSSR count). The fourth-order valence-electron chi connectivity index (χ4n) is 2.91. The molecule has 0 radical (unpaired) electrons. The van der Waals surface area contributed by atoms with Crippen molar-refractivity contribution in [1.82, 2.24) is 5.32 Å². The number of carbonyl (C=O) groups is 1. The Balaban J connectivity index is 2.11. The number of hydrogen-bond acceptors (Lipinski definition) is 1. The largest absolute Gasteiger partial charge is 0.337 e. The summed E-state index contributed by atoms with van der Waals surface area (Å²) in [5.41, 5.74) is 5.56. The van der Waals surface area contributed by atoms with E-state index in [2.05, 4.69) is 43.4 Å². The summed E-state index contributed by atoms with van der Waals surface area (Å²) < 4.78 is 0. The number of hydrogen-bond donors (Lipinski definition) is 1. The van der Waals surface area contributed by atoms with Gasteiger partial charge >= 0.3 is 6.03 Å². The molecule has 108 valence electrons. The molecular weight excluding hydrogens is 260 g/mol. The number of anilines is 2. The number of nitrogens with zero attached hydrogens (tertiary/aromatic N) is 1. The SMILES string of the molecule is CCCNC(=O)N1c2ccccc2Cc2cccc(C)c21. The number of aryl methyl sites for hydroxylation is 1. The van der Waals surface area contributed by atoms with Crippen LogP contribution in [-0.2, 0) is 6.42 Å². The number of rotatable bonds is 2. The topological polar surface area (TPSA) is 32.3 Å². The summed E-state index contributed by atoms with van der Waals surface area (Å²) in [6.45, 7) is 4.81. The molecule has 3 nitrogen and oxygen atoms in total. The maximum Gasteiger partial charge on any atom is 0.326 e. The van der Waals surface area contributed by atoms with Gasteiger partial charge in [0.25, 0.3) is 0 Å². The van der Waals surface area contributed by atoms with Crippen LogP contribution in [0.5, 0.6) is 0 Å². The molecule has 2 amide bonds.